The number of para-hydroxylation sites is 1. The highest BCUT2D eigenvalue weighted by atomic mass is 79.9. The standard InChI is InChI=1S/C25H30BrNO4/c1-4-6-14-27(15-7-5-2)16-19-21(28)13-12-18-23(29)24(17(3)30-25(18)19)31-22-11-9-8-10-20(22)26/h8-13,28H,4-7,14-16H2,1-3H3. The van der Waals surface area contributed by atoms with Gasteiger partial charge in [-0.1, -0.05) is 38.8 Å². The molecule has 3 rings (SSSR count). The lowest BCUT2D eigenvalue weighted by molar-refractivity contribution is 0.253. The normalized spacial score (nSPS) is 11.4. The largest absolute Gasteiger partial charge is 0.507 e. The van der Waals surface area contributed by atoms with Crippen molar-refractivity contribution in [2.75, 3.05) is 13.1 Å². The molecule has 0 saturated heterocycles. The van der Waals surface area contributed by atoms with Gasteiger partial charge in [-0.3, -0.25) is 9.69 Å². The molecule has 0 unspecified atom stereocenters. The van der Waals surface area contributed by atoms with E-state index < -0.39 is 0 Å². The topological polar surface area (TPSA) is 62.9 Å². The van der Waals surface area contributed by atoms with E-state index in [1.807, 2.05) is 18.2 Å². The molecule has 0 aliphatic heterocycles. The zero-order valence-corrected chi connectivity index (χ0v) is 20.0. The first-order valence-corrected chi connectivity index (χ1v) is 11.7. The van der Waals surface area contributed by atoms with E-state index in [1.54, 1.807) is 25.1 Å². The SMILES string of the molecule is CCCCN(CCCC)Cc1c(O)ccc2c(=O)c(Oc3ccccc3Br)c(C)oc12. The van der Waals surface area contributed by atoms with Crippen LogP contribution in [0.2, 0.25) is 0 Å². The van der Waals surface area contributed by atoms with Crippen LogP contribution in [-0.4, -0.2) is 23.1 Å². The van der Waals surface area contributed by atoms with Crippen LogP contribution in [0.25, 0.3) is 11.0 Å². The van der Waals surface area contributed by atoms with E-state index in [2.05, 4.69) is 34.7 Å². The van der Waals surface area contributed by atoms with E-state index in [0.29, 0.717) is 34.6 Å². The van der Waals surface area contributed by atoms with Crippen LogP contribution in [0.1, 0.15) is 50.9 Å². The summed E-state index contributed by atoms with van der Waals surface area (Å²) in [7, 11) is 0. The van der Waals surface area contributed by atoms with Gasteiger partial charge in [0.2, 0.25) is 11.2 Å². The lowest BCUT2D eigenvalue weighted by Gasteiger charge is -2.23. The number of aromatic hydroxyl groups is 1. The van der Waals surface area contributed by atoms with Gasteiger partial charge in [-0.2, -0.15) is 0 Å². The number of nitrogens with zero attached hydrogens (tertiary/aromatic N) is 1. The predicted octanol–water partition coefficient (Wildman–Crippen LogP) is 6.76. The van der Waals surface area contributed by atoms with Gasteiger partial charge in [-0.15, -0.1) is 0 Å². The molecule has 2 aromatic carbocycles. The average molecular weight is 488 g/mol. The van der Waals surface area contributed by atoms with Crippen molar-refractivity contribution >= 4 is 26.9 Å². The maximum atomic E-state index is 13.3. The zero-order chi connectivity index (χ0) is 22.4. The second-order valence-electron chi connectivity index (χ2n) is 7.77. The van der Waals surface area contributed by atoms with Gasteiger partial charge in [-0.25, -0.2) is 0 Å². The Morgan fingerprint density at radius 2 is 1.74 bits per heavy atom. The van der Waals surface area contributed by atoms with E-state index in [9.17, 15) is 9.90 Å². The molecule has 1 aromatic heterocycles. The molecule has 0 spiro atoms. The van der Waals surface area contributed by atoms with Crippen LogP contribution < -0.4 is 10.2 Å². The molecule has 0 saturated carbocycles. The minimum absolute atomic E-state index is 0.146. The fourth-order valence-electron chi connectivity index (χ4n) is 3.56. The number of benzene rings is 2. The highest BCUT2D eigenvalue weighted by Crippen LogP contribution is 2.33. The van der Waals surface area contributed by atoms with Gasteiger partial charge in [0.25, 0.3) is 0 Å². The Labute approximate surface area is 191 Å². The number of phenols is 1. The van der Waals surface area contributed by atoms with Crippen molar-refractivity contribution in [3.05, 3.63) is 62.4 Å². The molecular weight excluding hydrogens is 458 g/mol. The van der Waals surface area contributed by atoms with Crippen molar-refractivity contribution in [3.8, 4) is 17.2 Å². The Bertz CT molecular complexity index is 1080. The summed E-state index contributed by atoms with van der Waals surface area (Å²) in [5.74, 6) is 1.23. The van der Waals surface area contributed by atoms with Crippen molar-refractivity contribution in [1.82, 2.24) is 4.90 Å². The minimum Gasteiger partial charge on any atom is -0.507 e. The smallest absolute Gasteiger partial charge is 0.235 e. The lowest BCUT2D eigenvalue weighted by atomic mass is 10.1. The molecule has 0 radical (unpaired) electrons. The molecule has 166 valence electrons. The minimum atomic E-state index is -0.246. The molecule has 0 bridgehead atoms. The first-order chi connectivity index (χ1) is 15.0. The van der Waals surface area contributed by atoms with Crippen LogP contribution in [0.15, 0.2) is 50.1 Å². The van der Waals surface area contributed by atoms with Crippen LogP contribution in [0.3, 0.4) is 0 Å². The average Bonchev–Trinajstić information content (AvgIpc) is 2.76. The van der Waals surface area contributed by atoms with E-state index in [-0.39, 0.29) is 16.9 Å². The van der Waals surface area contributed by atoms with Gasteiger partial charge in [0.15, 0.2) is 0 Å². The summed E-state index contributed by atoms with van der Waals surface area (Å²) in [5.41, 5.74) is 0.835. The number of halogens is 1. The van der Waals surface area contributed by atoms with Gasteiger partial charge < -0.3 is 14.3 Å². The van der Waals surface area contributed by atoms with Crippen molar-refractivity contribution in [2.45, 2.75) is 53.0 Å². The fraction of sp³-hybridized carbons (Fsp3) is 0.400. The van der Waals surface area contributed by atoms with Crippen LogP contribution in [0, 0.1) is 6.92 Å². The lowest BCUT2D eigenvalue weighted by Crippen LogP contribution is -2.26. The third-order valence-corrected chi connectivity index (χ3v) is 6.00. The molecule has 6 heteroatoms. The van der Waals surface area contributed by atoms with E-state index in [1.165, 1.54) is 0 Å². The summed E-state index contributed by atoms with van der Waals surface area (Å²) in [6.07, 6.45) is 4.38. The maximum Gasteiger partial charge on any atom is 0.235 e. The number of fused-ring (bicyclic) bond motifs is 1. The monoisotopic (exact) mass is 487 g/mol. The van der Waals surface area contributed by atoms with E-state index >= 15 is 0 Å². The second kappa shape index (κ2) is 10.8. The quantitative estimate of drug-likeness (QED) is 0.342. The van der Waals surface area contributed by atoms with Gasteiger partial charge in [-0.05, 0) is 73.1 Å². The van der Waals surface area contributed by atoms with E-state index in [4.69, 9.17) is 9.15 Å². The number of hydrogen-bond donors (Lipinski definition) is 1. The summed E-state index contributed by atoms with van der Waals surface area (Å²) in [6.45, 7) is 8.48. The van der Waals surface area contributed by atoms with Gasteiger partial charge in [0, 0.05) is 6.54 Å². The number of ether oxygens (including phenoxy) is 1. The molecule has 0 aliphatic rings. The molecule has 0 amide bonds. The fourth-order valence-corrected chi connectivity index (χ4v) is 3.93. The maximum absolute atomic E-state index is 13.3. The molecule has 1 heterocycles. The molecule has 0 fully saturated rings. The summed E-state index contributed by atoms with van der Waals surface area (Å²) < 4.78 is 12.7. The van der Waals surface area contributed by atoms with Crippen molar-refractivity contribution in [3.63, 3.8) is 0 Å². The molecule has 31 heavy (non-hydrogen) atoms. The Hall–Kier alpha value is -2.31. The number of unbranched alkanes of at least 4 members (excludes halogenated alkanes) is 2. The Morgan fingerprint density at radius 1 is 1.06 bits per heavy atom. The highest BCUT2D eigenvalue weighted by Gasteiger charge is 2.20. The molecule has 5 nitrogen and oxygen atoms in total. The molecule has 0 aliphatic carbocycles. The first kappa shape index (κ1) is 23.4. The predicted molar refractivity (Wildman–Crippen MR) is 128 cm³/mol. The molecular formula is C25H30BrNO4. The third kappa shape index (κ3) is 5.49. The van der Waals surface area contributed by atoms with Crippen molar-refractivity contribution < 1.29 is 14.3 Å². The van der Waals surface area contributed by atoms with Crippen LogP contribution >= 0.6 is 15.9 Å². The number of rotatable bonds is 10. The van der Waals surface area contributed by atoms with Gasteiger partial charge >= 0.3 is 0 Å². The Morgan fingerprint density at radius 3 is 2.39 bits per heavy atom. The summed E-state index contributed by atoms with van der Waals surface area (Å²) in [5, 5.41) is 11.0. The van der Waals surface area contributed by atoms with E-state index in [0.717, 1.165) is 43.2 Å². The van der Waals surface area contributed by atoms with Crippen molar-refractivity contribution in [2.24, 2.45) is 0 Å². The Kier molecular flexibility index (Phi) is 8.15. The number of aryl methyl sites for hydroxylation is 1. The van der Waals surface area contributed by atoms with Crippen LogP contribution in [-0.2, 0) is 6.54 Å². The Balaban J connectivity index is 2.03. The number of hydrogen-bond acceptors (Lipinski definition) is 5. The first-order valence-electron chi connectivity index (χ1n) is 10.9. The molecule has 0 atom stereocenters. The molecule has 3 aromatic rings. The summed E-state index contributed by atoms with van der Waals surface area (Å²) in [4.78, 5) is 15.6. The second-order valence-corrected chi connectivity index (χ2v) is 8.63. The van der Waals surface area contributed by atoms with Crippen LogP contribution in [0.4, 0.5) is 0 Å². The summed E-state index contributed by atoms with van der Waals surface area (Å²) in [6, 6.07) is 10.5. The third-order valence-electron chi connectivity index (χ3n) is 5.35. The van der Waals surface area contributed by atoms with Crippen molar-refractivity contribution in [1.29, 1.82) is 0 Å². The number of phenolic OH excluding ortho intramolecular Hbond substituents is 1. The van der Waals surface area contributed by atoms with Gasteiger partial charge in [0.05, 0.1) is 15.4 Å². The zero-order valence-electron chi connectivity index (χ0n) is 18.4. The van der Waals surface area contributed by atoms with Crippen LogP contribution in [0.5, 0.6) is 17.2 Å². The highest BCUT2D eigenvalue weighted by molar-refractivity contribution is 9.10. The summed E-state index contributed by atoms with van der Waals surface area (Å²) >= 11 is 3.45. The molecule has 1 N–H and O–H groups in total. The van der Waals surface area contributed by atoms with Gasteiger partial charge in [0.1, 0.15) is 22.8 Å².